The second-order valence-electron chi connectivity index (χ2n) is 7.29. The Kier molecular flexibility index (Phi) is 5.75. The highest BCUT2D eigenvalue weighted by Crippen LogP contribution is 2.26. The summed E-state index contributed by atoms with van der Waals surface area (Å²) in [5, 5.41) is 3.91. The minimum Gasteiger partial charge on any atom is -0.497 e. The minimum atomic E-state index is -0.0875. The monoisotopic (exact) mass is 396 g/mol. The van der Waals surface area contributed by atoms with Crippen molar-refractivity contribution in [1.29, 1.82) is 0 Å². The molecule has 150 valence electrons. The number of hydrogen-bond donors (Lipinski definition) is 1. The summed E-state index contributed by atoms with van der Waals surface area (Å²) >= 11 is 0. The van der Waals surface area contributed by atoms with Crippen LogP contribution in [0.15, 0.2) is 78.9 Å². The second-order valence-corrected chi connectivity index (χ2v) is 7.29. The second kappa shape index (κ2) is 8.78. The van der Waals surface area contributed by atoms with Crippen LogP contribution in [0.25, 0.3) is 22.2 Å². The van der Waals surface area contributed by atoms with E-state index in [2.05, 4.69) is 36.5 Å². The molecule has 4 nitrogen and oxygen atoms in total. The summed E-state index contributed by atoms with van der Waals surface area (Å²) in [6.07, 6.45) is 0.792. The molecule has 1 amide bonds. The van der Waals surface area contributed by atoms with E-state index in [4.69, 9.17) is 9.72 Å². The van der Waals surface area contributed by atoms with Crippen LogP contribution in [0.5, 0.6) is 5.75 Å². The molecule has 4 heteroatoms. The van der Waals surface area contributed by atoms with Gasteiger partial charge in [-0.1, -0.05) is 48.0 Å². The van der Waals surface area contributed by atoms with Crippen molar-refractivity contribution in [1.82, 2.24) is 10.3 Å². The zero-order valence-corrected chi connectivity index (χ0v) is 17.2. The van der Waals surface area contributed by atoms with Crippen LogP contribution in [0.2, 0.25) is 0 Å². The molecule has 0 radical (unpaired) electrons. The van der Waals surface area contributed by atoms with Gasteiger partial charge in [0.25, 0.3) is 5.91 Å². The molecular formula is C26H24N2O2. The number of benzene rings is 3. The molecule has 4 rings (SSSR count). The molecule has 0 aliphatic heterocycles. The molecule has 0 aliphatic rings. The molecule has 30 heavy (non-hydrogen) atoms. The number of rotatable bonds is 6. The minimum absolute atomic E-state index is 0.0875. The summed E-state index contributed by atoms with van der Waals surface area (Å²) in [6, 6.07) is 25.7. The van der Waals surface area contributed by atoms with Gasteiger partial charge in [0.1, 0.15) is 5.75 Å². The lowest BCUT2D eigenvalue weighted by Crippen LogP contribution is -2.26. The molecule has 1 heterocycles. The van der Waals surface area contributed by atoms with Crippen LogP contribution in [0.4, 0.5) is 0 Å². The third kappa shape index (κ3) is 4.33. The Hall–Kier alpha value is -3.66. The van der Waals surface area contributed by atoms with E-state index < -0.39 is 0 Å². The van der Waals surface area contributed by atoms with Crippen molar-refractivity contribution >= 4 is 16.8 Å². The zero-order chi connectivity index (χ0) is 20.9. The average molecular weight is 396 g/mol. The Labute approximate surface area is 176 Å². The van der Waals surface area contributed by atoms with E-state index in [-0.39, 0.29) is 5.91 Å². The van der Waals surface area contributed by atoms with Gasteiger partial charge in [0.15, 0.2) is 0 Å². The van der Waals surface area contributed by atoms with Gasteiger partial charge in [0.2, 0.25) is 0 Å². The van der Waals surface area contributed by atoms with E-state index in [0.717, 1.165) is 34.3 Å². The smallest absolute Gasteiger partial charge is 0.252 e. The van der Waals surface area contributed by atoms with Gasteiger partial charge in [-0.05, 0) is 55.3 Å². The van der Waals surface area contributed by atoms with Gasteiger partial charge >= 0.3 is 0 Å². The standard InChI is InChI=1S/C26H24N2O2/c1-18-7-9-19(10-8-18)15-16-27-26(29)23-17-25(20-11-13-21(30-2)14-12-20)28-24-6-4-3-5-22(23)24/h3-14,17H,15-16H2,1-2H3,(H,27,29). The number of carbonyl (C=O) groups is 1. The molecule has 1 aromatic heterocycles. The lowest BCUT2D eigenvalue weighted by atomic mass is 10.0. The van der Waals surface area contributed by atoms with Gasteiger partial charge in [-0.2, -0.15) is 0 Å². The first kappa shape index (κ1) is 19.6. The summed E-state index contributed by atoms with van der Waals surface area (Å²) < 4.78 is 5.24. The number of ether oxygens (including phenoxy) is 1. The first-order valence-corrected chi connectivity index (χ1v) is 10.0. The average Bonchev–Trinajstić information content (AvgIpc) is 2.79. The largest absolute Gasteiger partial charge is 0.497 e. The number of aromatic nitrogens is 1. The number of para-hydroxylation sites is 1. The van der Waals surface area contributed by atoms with Crippen molar-refractivity contribution < 1.29 is 9.53 Å². The van der Waals surface area contributed by atoms with Crippen molar-refractivity contribution in [3.8, 4) is 17.0 Å². The van der Waals surface area contributed by atoms with E-state index in [1.54, 1.807) is 7.11 Å². The normalized spacial score (nSPS) is 10.7. The Balaban J connectivity index is 1.59. The number of nitrogens with one attached hydrogen (secondary N) is 1. The number of amides is 1. The van der Waals surface area contributed by atoms with Crippen molar-refractivity contribution in [2.45, 2.75) is 13.3 Å². The van der Waals surface area contributed by atoms with E-state index in [0.29, 0.717) is 12.1 Å². The predicted molar refractivity (Wildman–Crippen MR) is 121 cm³/mol. The first-order chi connectivity index (χ1) is 14.6. The first-order valence-electron chi connectivity index (χ1n) is 10.0. The van der Waals surface area contributed by atoms with Crippen molar-refractivity contribution in [2.75, 3.05) is 13.7 Å². The fourth-order valence-electron chi connectivity index (χ4n) is 3.44. The molecule has 0 aliphatic carbocycles. The third-order valence-electron chi connectivity index (χ3n) is 5.17. The van der Waals surface area contributed by atoms with Crippen LogP contribution < -0.4 is 10.1 Å². The number of nitrogens with zero attached hydrogens (tertiary/aromatic N) is 1. The molecule has 4 aromatic rings. The molecule has 0 saturated heterocycles. The summed E-state index contributed by atoms with van der Waals surface area (Å²) in [5.41, 5.74) is 5.58. The molecular weight excluding hydrogens is 372 g/mol. The molecule has 0 saturated carbocycles. The highest BCUT2D eigenvalue weighted by atomic mass is 16.5. The molecule has 0 unspecified atom stereocenters. The fraction of sp³-hybridized carbons (Fsp3) is 0.154. The Morgan fingerprint density at radius 2 is 1.70 bits per heavy atom. The predicted octanol–water partition coefficient (Wildman–Crippen LogP) is 5.19. The molecule has 0 bridgehead atoms. The van der Waals surface area contributed by atoms with Crippen molar-refractivity contribution in [3.05, 3.63) is 95.6 Å². The molecule has 0 fully saturated rings. The van der Waals surface area contributed by atoms with Crippen LogP contribution >= 0.6 is 0 Å². The maximum atomic E-state index is 13.0. The highest BCUT2D eigenvalue weighted by Gasteiger charge is 2.14. The topological polar surface area (TPSA) is 51.2 Å². The van der Waals surface area contributed by atoms with Gasteiger partial charge in [-0.3, -0.25) is 4.79 Å². The third-order valence-corrected chi connectivity index (χ3v) is 5.17. The van der Waals surface area contributed by atoms with Gasteiger partial charge < -0.3 is 10.1 Å². The number of pyridine rings is 1. The summed E-state index contributed by atoms with van der Waals surface area (Å²) in [4.78, 5) is 17.8. The Morgan fingerprint density at radius 3 is 2.43 bits per heavy atom. The van der Waals surface area contributed by atoms with E-state index in [1.807, 2.05) is 54.6 Å². The van der Waals surface area contributed by atoms with Crippen LogP contribution in [0.1, 0.15) is 21.5 Å². The maximum absolute atomic E-state index is 13.0. The SMILES string of the molecule is COc1ccc(-c2cc(C(=O)NCCc3ccc(C)cc3)c3ccccc3n2)cc1. The molecule has 1 N–H and O–H groups in total. The van der Waals surface area contributed by atoms with Crippen LogP contribution in [-0.4, -0.2) is 24.5 Å². The fourth-order valence-corrected chi connectivity index (χ4v) is 3.44. The number of aryl methyl sites for hydroxylation is 1. The summed E-state index contributed by atoms with van der Waals surface area (Å²) in [5.74, 6) is 0.698. The highest BCUT2D eigenvalue weighted by molar-refractivity contribution is 6.07. The Bertz CT molecular complexity index is 1170. The summed E-state index contributed by atoms with van der Waals surface area (Å²) in [6.45, 7) is 2.65. The zero-order valence-electron chi connectivity index (χ0n) is 17.2. The molecule has 0 atom stereocenters. The number of methoxy groups -OCH3 is 1. The molecule has 0 spiro atoms. The van der Waals surface area contributed by atoms with Crippen LogP contribution in [-0.2, 0) is 6.42 Å². The van der Waals surface area contributed by atoms with E-state index in [9.17, 15) is 4.79 Å². The number of fused-ring (bicyclic) bond motifs is 1. The number of hydrogen-bond acceptors (Lipinski definition) is 3. The van der Waals surface area contributed by atoms with Crippen LogP contribution in [0.3, 0.4) is 0 Å². The quantitative estimate of drug-likeness (QED) is 0.488. The number of carbonyl (C=O) groups excluding carboxylic acids is 1. The van der Waals surface area contributed by atoms with Gasteiger partial charge in [-0.15, -0.1) is 0 Å². The summed E-state index contributed by atoms with van der Waals surface area (Å²) in [7, 11) is 1.64. The lowest BCUT2D eigenvalue weighted by Gasteiger charge is -2.11. The maximum Gasteiger partial charge on any atom is 0.252 e. The Morgan fingerprint density at radius 1 is 0.967 bits per heavy atom. The lowest BCUT2D eigenvalue weighted by molar-refractivity contribution is 0.0955. The van der Waals surface area contributed by atoms with E-state index >= 15 is 0 Å². The van der Waals surface area contributed by atoms with Gasteiger partial charge in [0, 0.05) is 17.5 Å². The van der Waals surface area contributed by atoms with Crippen molar-refractivity contribution in [3.63, 3.8) is 0 Å². The van der Waals surface area contributed by atoms with Crippen LogP contribution in [0, 0.1) is 6.92 Å². The molecule has 3 aromatic carbocycles. The van der Waals surface area contributed by atoms with Crippen molar-refractivity contribution in [2.24, 2.45) is 0 Å². The van der Waals surface area contributed by atoms with Gasteiger partial charge in [0.05, 0.1) is 23.9 Å². The van der Waals surface area contributed by atoms with E-state index in [1.165, 1.54) is 11.1 Å². The van der Waals surface area contributed by atoms with Gasteiger partial charge in [-0.25, -0.2) is 4.98 Å².